The van der Waals surface area contributed by atoms with E-state index in [9.17, 15) is 0 Å². The fourth-order valence-electron chi connectivity index (χ4n) is 0.227. The molecule has 1 aromatic heterocycles. The molecular weight excluding hydrogens is 200 g/mol. The summed E-state index contributed by atoms with van der Waals surface area (Å²) in [6.07, 6.45) is 0.792. The van der Waals surface area contributed by atoms with Crippen molar-refractivity contribution in [3.63, 3.8) is 0 Å². The highest BCUT2D eigenvalue weighted by atomic mass is 79.9. The topological polar surface area (TPSA) is 17.1 Å². The Morgan fingerprint density at radius 3 is 2.00 bits per heavy atom. The molecule has 0 saturated carbocycles. The lowest BCUT2D eigenvalue weighted by Crippen LogP contribution is -1.61. The Hall–Kier alpha value is -0.150. The van der Waals surface area contributed by atoms with Gasteiger partial charge in [-0.2, -0.15) is 11.3 Å². The van der Waals surface area contributed by atoms with Crippen molar-refractivity contribution in [1.82, 2.24) is 0 Å². The monoisotopic (exact) mass is 206 g/mol. The molecule has 0 aliphatic rings. The highest BCUT2D eigenvalue weighted by Crippen LogP contribution is 1.91. The molecule has 1 heterocycles. The van der Waals surface area contributed by atoms with Gasteiger partial charge in [0, 0.05) is 0 Å². The van der Waals surface area contributed by atoms with Crippen molar-refractivity contribution in [3.8, 4) is 0 Å². The maximum Gasteiger partial charge on any atom is 0.130 e. The van der Waals surface area contributed by atoms with Gasteiger partial charge in [-0.05, 0) is 10.8 Å². The molecule has 50 valence electrons. The summed E-state index contributed by atoms with van der Waals surface area (Å²) in [5, 5.41) is 4.53. The van der Waals surface area contributed by atoms with Crippen LogP contribution in [-0.2, 0) is 4.79 Å². The van der Waals surface area contributed by atoms with E-state index in [-0.39, 0.29) is 0 Å². The van der Waals surface area contributed by atoms with Gasteiger partial charge in [0.1, 0.15) is 6.29 Å². The zero-order valence-electron chi connectivity index (χ0n) is 4.79. The predicted molar refractivity (Wildman–Crippen MR) is 44.2 cm³/mol. The summed E-state index contributed by atoms with van der Waals surface area (Å²) in [7, 11) is 0. The Balaban J connectivity index is 0.000000148. The minimum absolute atomic E-state index is 0.451. The number of hydrogen-bond acceptors (Lipinski definition) is 2. The van der Waals surface area contributed by atoms with Gasteiger partial charge in [0.05, 0.1) is 5.33 Å². The largest absolute Gasteiger partial charge is 0.302 e. The van der Waals surface area contributed by atoms with E-state index in [4.69, 9.17) is 4.79 Å². The fraction of sp³-hybridized carbons (Fsp3) is 0.167. The van der Waals surface area contributed by atoms with Gasteiger partial charge in [0.2, 0.25) is 0 Å². The number of alkyl halides is 1. The average Bonchev–Trinajstić information content (AvgIpc) is 2.43. The molecule has 1 rings (SSSR count). The van der Waals surface area contributed by atoms with Crippen LogP contribution >= 0.6 is 27.3 Å². The average molecular weight is 207 g/mol. The van der Waals surface area contributed by atoms with E-state index in [2.05, 4.69) is 15.9 Å². The van der Waals surface area contributed by atoms with Gasteiger partial charge in [-0.25, -0.2) is 0 Å². The van der Waals surface area contributed by atoms with E-state index >= 15 is 0 Å². The van der Waals surface area contributed by atoms with Crippen LogP contribution in [-0.4, -0.2) is 11.6 Å². The molecule has 3 heteroatoms. The van der Waals surface area contributed by atoms with E-state index in [1.807, 2.05) is 22.9 Å². The zero-order valence-corrected chi connectivity index (χ0v) is 7.19. The molecule has 0 amide bonds. The maximum atomic E-state index is 9.13. The van der Waals surface area contributed by atoms with Crippen molar-refractivity contribution in [2.75, 3.05) is 5.33 Å². The lowest BCUT2D eigenvalue weighted by Gasteiger charge is -1.49. The second kappa shape index (κ2) is 7.85. The van der Waals surface area contributed by atoms with Crippen LogP contribution in [0.25, 0.3) is 0 Å². The third kappa shape index (κ3) is 7.85. The van der Waals surface area contributed by atoms with Crippen molar-refractivity contribution in [1.29, 1.82) is 0 Å². The Kier molecular flexibility index (Phi) is 7.72. The molecule has 1 aromatic rings. The fourth-order valence-corrected chi connectivity index (χ4v) is 0.680. The third-order valence-corrected chi connectivity index (χ3v) is 1.38. The summed E-state index contributed by atoms with van der Waals surface area (Å²) >= 11 is 4.59. The summed E-state index contributed by atoms with van der Waals surface area (Å²) in [5.41, 5.74) is 0. The summed E-state index contributed by atoms with van der Waals surface area (Å²) in [6.45, 7) is 0. The highest BCUT2D eigenvalue weighted by Gasteiger charge is 1.58. The van der Waals surface area contributed by atoms with Crippen molar-refractivity contribution in [2.45, 2.75) is 0 Å². The van der Waals surface area contributed by atoms with Crippen LogP contribution in [0.1, 0.15) is 0 Å². The Morgan fingerprint density at radius 2 is 1.89 bits per heavy atom. The van der Waals surface area contributed by atoms with Crippen LogP contribution in [0.2, 0.25) is 0 Å². The number of rotatable bonds is 1. The molecule has 0 aliphatic carbocycles. The second-order valence-corrected chi connectivity index (χ2v) is 2.58. The van der Waals surface area contributed by atoms with E-state index in [1.54, 1.807) is 11.3 Å². The number of aldehydes is 1. The first-order chi connectivity index (χ1) is 4.41. The molecule has 0 aliphatic heterocycles. The van der Waals surface area contributed by atoms with Crippen LogP contribution in [0.15, 0.2) is 22.9 Å². The van der Waals surface area contributed by atoms with Crippen LogP contribution in [0.5, 0.6) is 0 Å². The molecular formula is C6H7BrOS. The third-order valence-electron chi connectivity index (χ3n) is 0.488. The molecule has 0 radical (unpaired) electrons. The maximum absolute atomic E-state index is 9.13. The number of carbonyl (C=O) groups excluding carboxylic acids is 1. The minimum atomic E-state index is 0.451. The molecule has 0 aromatic carbocycles. The molecule has 1 nitrogen and oxygen atoms in total. The van der Waals surface area contributed by atoms with Crippen LogP contribution < -0.4 is 0 Å². The van der Waals surface area contributed by atoms with Gasteiger partial charge in [-0.1, -0.05) is 28.1 Å². The first-order valence-corrected chi connectivity index (χ1v) is 4.45. The molecule has 9 heavy (non-hydrogen) atoms. The number of thiophene rings is 1. The molecule has 0 atom stereocenters. The standard InChI is InChI=1S/C4H4S.C2H3BrO/c1-2-4-5-3-1;3-1-2-4/h1-4H;2H,1H2. The van der Waals surface area contributed by atoms with E-state index in [0.29, 0.717) is 5.33 Å². The Morgan fingerprint density at radius 1 is 1.44 bits per heavy atom. The smallest absolute Gasteiger partial charge is 0.130 e. The summed E-state index contributed by atoms with van der Waals surface area (Å²) in [6, 6.07) is 4.04. The summed E-state index contributed by atoms with van der Waals surface area (Å²) < 4.78 is 0. The molecule has 0 saturated heterocycles. The second-order valence-electron chi connectivity index (χ2n) is 1.11. The van der Waals surface area contributed by atoms with Crippen molar-refractivity contribution >= 4 is 33.6 Å². The normalized spacial score (nSPS) is 7.22. The lowest BCUT2D eigenvalue weighted by molar-refractivity contribution is -0.105. The van der Waals surface area contributed by atoms with E-state index in [0.717, 1.165) is 6.29 Å². The van der Waals surface area contributed by atoms with Crippen LogP contribution in [0, 0.1) is 0 Å². The first kappa shape index (κ1) is 8.85. The molecule has 0 fully saturated rings. The van der Waals surface area contributed by atoms with E-state index in [1.165, 1.54) is 0 Å². The zero-order chi connectivity index (χ0) is 6.95. The number of halogens is 1. The van der Waals surface area contributed by atoms with Gasteiger partial charge < -0.3 is 4.79 Å². The number of hydrogen-bond donors (Lipinski definition) is 0. The van der Waals surface area contributed by atoms with Gasteiger partial charge >= 0.3 is 0 Å². The molecule has 0 spiro atoms. The predicted octanol–water partition coefficient (Wildman–Crippen LogP) is 2.33. The minimum Gasteiger partial charge on any atom is -0.302 e. The number of carbonyl (C=O) groups is 1. The lowest BCUT2D eigenvalue weighted by atomic mass is 10.7. The van der Waals surface area contributed by atoms with Crippen molar-refractivity contribution < 1.29 is 4.79 Å². The van der Waals surface area contributed by atoms with Crippen molar-refractivity contribution in [2.24, 2.45) is 0 Å². The summed E-state index contributed by atoms with van der Waals surface area (Å²) in [5.74, 6) is 0. The van der Waals surface area contributed by atoms with Crippen LogP contribution in [0.3, 0.4) is 0 Å². The molecule has 0 unspecified atom stereocenters. The van der Waals surface area contributed by atoms with E-state index < -0.39 is 0 Å². The summed E-state index contributed by atoms with van der Waals surface area (Å²) in [4.78, 5) is 9.13. The van der Waals surface area contributed by atoms with Gasteiger partial charge in [0.15, 0.2) is 0 Å². The first-order valence-electron chi connectivity index (χ1n) is 2.38. The Labute approximate surface area is 66.8 Å². The van der Waals surface area contributed by atoms with Gasteiger partial charge in [0.25, 0.3) is 0 Å². The quantitative estimate of drug-likeness (QED) is 0.510. The SMILES string of the molecule is O=CCBr.c1ccsc1. The van der Waals surface area contributed by atoms with Gasteiger partial charge in [-0.15, -0.1) is 0 Å². The van der Waals surface area contributed by atoms with Crippen molar-refractivity contribution in [3.05, 3.63) is 22.9 Å². The van der Waals surface area contributed by atoms with Gasteiger partial charge in [-0.3, -0.25) is 0 Å². The van der Waals surface area contributed by atoms with Crippen LogP contribution in [0.4, 0.5) is 0 Å². The Bertz CT molecular complexity index is 110. The molecule has 0 N–H and O–H groups in total. The molecule has 0 bridgehead atoms. The highest BCUT2D eigenvalue weighted by molar-refractivity contribution is 9.09.